The zero-order chi connectivity index (χ0) is 21.1. The van der Waals surface area contributed by atoms with Crippen LogP contribution in [0.25, 0.3) is 0 Å². The van der Waals surface area contributed by atoms with Crippen LogP contribution in [-0.2, 0) is 4.79 Å². The van der Waals surface area contributed by atoms with Crippen LogP contribution in [0.15, 0.2) is 58.7 Å². The first-order valence-electron chi connectivity index (χ1n) is 8.46. The first-order chi connectivity index (χ1) is 13.8. The summed E-state index contributed by atoms with van der Waals surface area (Å²) in [5.41, 5.74) is 3.09. The summed E-state index contributed by atoms with van der Waals surface area (Å²) in [4.78, 5) is 33.4. The van der Waals surface area contributed by atoms with Crippen molar-refractivity contribution in [2.24, 2.45) is 16.1 Å². The Kier molecular flexibility index (Phi) is 5.30. The van der Waals surface area contributed by atoms with Crippen molar-refractivity contribution in [3.05, 3.63) is 68.8 Å². The molecule has 0 saturated carbocycles. The monoisotopic (exact) mass is 396 g/mol. The van der Waals surface area contributed by atoms with Crippen LogP contribution in [0.1, 0.15) is 13.8 Å². The number of amides is 1. The van der Waals surface area contributed by atoms with E-state index < -0.39 is 27.1 Å². The van der Waals surface area contributed by atoms with Crippen LogP contribution in [0.2, 0.25) is 0 Å². The highest BCUT2D eigenvalue weighted by Crippen LogP contribution is 2.29. The van der Waals surface area contributed by atoms with E-state index >= 15 is 0 Å². The van der Waals surface area contributed by atoms with Gasteiger partial charge >= 0.3 is 5.69 Å². The zero-order valence-corrected chi connectivity index (χ0v) is 15.5. The van der Waals surface area contributed by atoms with Gasteiger partial charge in [-0.05, 0) is 32.0 Å². The van der Waals surface area contributed by atoms with Crippen molar-refractivity contribution in [1.82, 2.24) is 0 Å². The number of nitro groups is 2. The quantitative estimate of drug-likeness (QED) is 0.450. The lowest BCUT2D eigenvalue weighted by Gasteiger charge is -2.14. The van der Waals surface area contributed by atoms with Gasteiger partial charge in [-0.3, -0.25) is 30.4 Å². The zero-order valence-electron chi connectivity index (χ0n) is 15.5. The lowest BCUT2D eigenvalue weighted by Crippen LogP contribution is -2.31. The van der Waals surface area contributed by atoms with Crippen molar-refractivity contribution in [3.8, 4) is 0 Å². The Bertz CT molecular complexity index is 1050. The van der Waals surface area contributed by atoms with Crippen LogP contribution >= 0.6 is 0 Å². The highest BCUT2D eigenvalue weighted by Gasteiger charge is 2.36. The number of benzene rings is 2. The molecule has 1 atom stereocenters. The highest BCUT2D eigenvalue weighted by molar-refractivity contribution is 6.27. The Morgan fingerprint density at radius 3 is 2.45 bits per heavy atom. The normalized spacial score (nSPS) is 16.6. The summed E-state index contributed by atoms with van der Waals surface area (Å²) >= 11 is 0. The lowest BCUT2D eigenvalue weighted by atomic mass is 9.99. The molecule has 1 aliphatic rings. The molecule has 0 bridgehead atoms. The molecule has 11 nitrogen and oxygen atoms in total. The summed E-state index contributed by atoms with van der Waals surface area (Å²) in [6, 6.07) is 12.1. The molecule has 1 unspecified atom stereocenters. The van der Waals surface area contributed by atoms with Gasteiger partial charge < -0.3 is 0 Å². The Hall–Kier alpha value is -4.15. The second-order valence-electron chi connectivity index (χ2n) is 6.24. The van der Waals surface area contributed by atoms with E-state index in [1.165, 1.54) is 11.1 Å². The molecular formula is C18H16N6O5. The summed E-state index contributed by atoms with van der Waals surface area (Å²) < 4.78 is 0. The Morgan fingerprint density at radius 1 is 1.14 bits per heavy atom. The van der Waals surface area contributed by atoms with Crippen LogP contribution in [-0.4, -0.2) is 27.2 Å². The number of non-ortho nitro benzene ring substituents is 1. The molecule has 1 amide bonds. The topological polar surface area (TPSA) is 143 Å². The number of hydrogen-bond donors (Lipinski definition) is 1. The van der Waals surface area contributed by atoms with Crippen molar-refractivity contribution in [3.63, 3.8) is 0 Å². The van der Waals surface area contributed by atoms with Crippen molar-refractivity contribution < 1.29 is 14.6 Å². The Balaban J connectivity index is 1.84. The fourth-order valence-electron chi connectivity index (χ4n) is 2.89. The maximum atomic E-state index is 12.8. The van der Waals surface area contributed by atoms with Gasteiger partial charge in [0.15, 0.2) is 0 Å². The van der Waals surface area contributed by atoms with Crippen LogP contribution in [0.5, 0.6) is 0 Å². The molecule has 0 aliphatic carbocycles. The standard InChI is InChI=1S/C18H16N6O5/c1-11(17-12(2)21-22(18(17)25)13-6-4-3-5-7-13)19-20-15-9-8-14(23(26)27)10-16(15)24(28)29/h3-10,17,20H,1-2H3/b19-11+. The van der Waals surface area contributed by atoms with Gasteiger partial charge in [0.1, 0.15) is 11.6 Å². The number of hydrogen-bond acceptors (Lipinski definition) is 8. The Morgan fingerprint density at radius 2 is 1.83 bits per heavy atom. The van der Waals surface area contributed by atoms with Crippen LogP contribution < -0.4 is 10.4 Å². The lowest BCUT2D eigenvalue weighted by molar-refractivity contribution is -0.393. The molecule has 3 rings (SSSR count). The predicted octanol–water partition coefficient (Wildman–Crippen LogP) is 3.33. The number of rotatable bonds is 6. The summed E-state index contributed by atoms with van der Waals surface area (Å²) in [6.07, 6.45) is 0. The molecule has 0 radical (unpaired) electrons. The average Bonchev–Trinajstić information content (AvgIpc) is 3.00. The minimum atomic E-state index is -0.745. The summed E-state index contributed by atoms with van der Waals surface area (Å²) in [5.74, 6) is -1.02. The fraction of sp³-hybridized carbons (Fsp3) is 0.167. The average molecular weight is 396 g/mol. The van der Waals surface area contributed by atoms with Gasteiger partial charge in [0.25, 0.3) is 11.6 Å². The minimum Gasteiger partial charge on any atom is -0.272 e. The van der Waals surface area contributed by atoms with Crippen LogP contribution in [0.4, 0.5) is 22.7 Å². The molecule has 2 aromatic carbocycles. The van der Waals surface area contributed by atoms with Crippen LogP contribution in [0, 0.1) is 26.1 Å². The molecule has 2 aromatic rings. The molecular weight excluding hydrogens is 380 g/mol. The maximum Gasteiger partial charge on any atom is 0.301 e. The van der Waals surface area contributed by atoms with Gasteiger partial charge in [-0.1, -0.05) is 18.2 Å². The summed E-state index contributed by atoms with van der Waals surface area (Å²) in [5, 5.41) is 31.7. The van der Waals surface area contributed by atoms with Crippen molar-refractivity contribution in [2.75, 3.05) is 10.4 Å². The molecule has 0 spiro atoms. The maximum absolute atomic E-state index is 12.8. The highest BCUT2D eigenvalue weighted by atomic mass is 16.6. The second-order valence-corrected chi connectivity index (χ2v) is 6.24. The minimum absolute atomic E-state index is 0.0279. The first kappa shape index (κ1) is 19.6. The number of nitrogens with zero attached hydrogens (tertiary/aromatic N) is 5. The number of nitrogens with one attached hydrogen (secondary N) is 1. The second kappa shape index (κ2) is 7.84. The van der Waals surface area contributed by atoms with Gasteiger partial charge in [-0.15, -0.1) is 0 Å². The third-order valence-corrected chi connectivity index (χ3v) is 4.29. The number of carbonyl (C=O) groups is 1. The molecule has 0 aromatic heterocycles. The van der Waals surface area contributed by atoms with Gasteiger partial charge in [0, 0.05) is 6.07 Å². The molecule has 1 N–H and O–H groups in total. The number of para-hydroxylation sites is 1. The molecule has 148 valence electrons. The fourth-order valence-corrected chi connectivity index (χ4v) is 2.89. The van der Waals surface area contributed by atoms with Gasteiger partial charge in [0.05, 0.1) is 33.0 Å². The molecule has 29 heavy (non-hydrogen) atoms. The summed E-state index contributed by atoms with van der Waals surface area (Å²) in [7, 11) is 0. The van der Waals surface area contributed by atoms with E-state index in [0.29, 0.717) is 17.1 Å². The SMILES string of the molecule is CC1=NN(c2ccccc2)C(=O)C1/C(C)=N/Nc1ccc([N+](=O)[O-])cc1[N+](=O)[O-]. The van der Waals surface area contributed by atoms with E-state index in [1.54, 1.807) is 38.1 Å². The number of hydrazone groups is 2. The van der Waals surface area contributed by atoms with E-state index in [4.69, 9.17) is 0 Å². The van der Waals surface area contributed by atoms with Crippen LogP contribution in [0.3, 0.4) is 0 Å². The predicted molar refractivity (Wildman–Crippen MR) is 107 cm³/mol. The van der Waals surface area contributed by atoms with Gasteiger partial charge in [-0.2, -0.15) is 15.2 Å². The Labute approximate surface area is 164 Å². The number of anilines is 2. The van der Waals surface area contributed by atoms with E-state index in [0.717, 1.165) is 12.1 Å². The smallest absolute Gasteiger partial charge is 0.272 e. The number of nitro benzene ring substituents is 2. The number of carbonyl (C=O) groups excluding carboxylic acids is 1. The van der Waals surface area contributed by atoms with Crippen molar-refractivity contribution in [2.45, 2.75) is 13.8 Å². The van der Waals surface area contributed by atoms with E-state index in [1.807, 2.05) is 6.07 Å². The third-order valence-electron chi connectivity index (χ3n) is 4.29. The first-order valence-corrected chi connectivity index (χ1v) is 8.46. The molecule has 0 saturated heterocycles. The molecule has 0 fully saturated rings. The molecule has 11 heteroatoms. The van der Waals surface area contributed by atoms with E-state index in [9.17, 15) is 25.0 Å². The van der Waals surface area contributed by atoms with E-state index in [2.05, 4.69) is 15.6 Å². The third kappa shape index (κ3) is 3.93. The van der Waals surface area contributed by atoms with Crippen molar-refractivity contribution in [1.29, 1.82) is 0 Å². The van der Waals surface area contributed by atoms with Gasteiger partial charge in [0.2, 0.25) is 0 Å². The molecule has 1 heterocycles. The van der Waals surface area contributed by atoms with Crippen molar-refractivity contribution >= 4 is 40.1 Å². The largest absolute Gasteiger partial charge is 0.301 e. The van der Waals surface area contributed by atoms with Gasteiger partial charge in [-0.25, -0.2) is 0 Å². The summed E-state index contributed by atoms with van der Waals surface area (Å²) in [6.45, 7) is 3.29. The van der Waals surface area contributed by atoms with E-state index in [-0.39, 0.29) is 11.6 Å². The molecule has 1 aliphatic heterocycles.